The molecular formula is C18H19N5O. The highest BCUT2D eigenvalue weighted by molar-refractivity contribution is 5.94. The molecule has 0 fully saturated rings. The Hall–Kier alpha value is -2.76. The predicted molar refractivity (Wildman–Crippen MR) is 91.9 cm³/mol. The molecule has 3 heterocycles. The number of nitrogens with zero attached hydrogens (tertiary/aromatic N) is 4. The number of nitrogens with one attached hydrogen (secondary N) is 1. The lowest BCUT2D eigenvalue weighted by atomic mass is 9.87. The van der Waals surface area contributed by atoms with Crippen LogP contribution in [0.2, 0.25) is 0 Å². The highest BCUT2D eigenvalue weighted by atomic mass is 16.1. The van der Waals surface area contributed by atoms with Gasteiger partial charge < -0.3 is 5.32 Å². The van der Waals surface area contributed by atoms with E-state index in [1.807, 2.05) is 29.1 Å². The van der Waals surface area contributed by atoms with Gasteiger partial charge in [0.2, 0.25) is 5.91 Å². The second-order valence-electron chi connectivity index (χ2n) is 7.14. The predicted octanol–water partition coefficient (Wildman–Crippen LogP) is 3.06. The third-order valence-electron chi connectivity index (χ3n) is 4.35. The van der Waals surface area contributed by atoms with Gasteiger partial charge in [0.15, 0.2) is 0 Å². The molecule has 4 rings (SSSR count). The molecule has 2 aromatic heterocycles. The van der Waals surface area contributed by atoms with Crippen molar-refractivity contribution in [1.29, 1.82) is 0 Å². The van der Waals surface area contributed by atoms with E-state index in [1.54, 1.807) is 12.4 Å². The van der Waals surface area contributed by atoms with E-state index < -0.39 is 0 Å². The van der Waals surface area contributed by atoms with Gasteiger partial charge in [-0.05, 0) is 38.5 Å². The number of hydrogen-bond donors (Lipinski definition) is 1. The average Bonchev–Trinajstić information content (AvgIpc) is 2.97. The van der Waals surface area contributed by atoms with E-state index in [2.05, 4.69) is 41.2 Å². The van der Waals surface area contributed by atoms with E-state index in [-0.39, 0.29) is 17.4 Å². The number of fused-ring (bicyclic) bond motifs is 2. The molecule has 0 aliphatic carbocycles. The second-order valence-corrected chi connectivity index (χ2v) is 7.14. The van der Waals surface area contributed by atoms with Crippen molar-refractivity contribution in [3.8, 4) is 0 Å². The van der Waals surface area contributed by atoms with Crippen LogP contribution in [0.1, 0.15) is 44.2 Å². The fourth-order valence-corrected chi connectivity index (χ4v) is 3.22. The van der Waals surface area contributed by atoms with Crippen LogP contribution < -0.4 is 5.32 Å². The summed E-state index contributed by atoms with van der Waals surface area (Å²) in [6.45, 7) is 6.21. The van der Waals surface area contributed by atoms with Gasteiger partial charge in [0.05, 0.1) is 22.8 Å². The summed E-state index contributed by atoms with van der Waals surface area (Å²) in [7, 11) is 0. The van der Waals surface area contributed by atoms with E-state index in [0.717, 1.165) is 28.0 Å². The Balaban J connectivity index is 1.84. The first-order chi connectivity index (χ1) is 11.4. The molecule has 122 valence electrons. The second kappa shape index (κ2) is 5.12. The molecule has 1 aromatic carbocycles. The van der Waals surface area contributed by atoms with E-state index in [4.69, 9.17) is 0 Å². The van der Waals surface area contributed by atoms with Gasteiger partial charge in [0.1, 0.15) is 5.82 Å². The van der Waals surface area contributed by atoms with Crippen molar-refractivity contribution < 1.29 is 4.79 Å². The van der Waals surface area contributed by atoms with Crippen molar-refractivity contribution in [3.05, 3.63) is 47.9 Å². The minimum atomic E-state index is -0.197. The van der Waals surface area contributed by atoms with Crippen molar-refractivity contribution in [1.82, 2.24) is 19.7 Å². The topological polar surface area (TPSA) is 72.7 Å². The van der Waals surface area contributed by atoms with Crippen molar-refractivity contribution in [3.63, 3.8) is 0 Å². The lowest BCUT2D eigenvalue weighted by molar-refractivity contribution is -0.116. The monoisotopic (exact) mass is 321 g/mol. The zero-order valence-corrected chi connectivity index (χ0v) is 13.9. The number of benzene rings is 1. The number of amides is 1. The molecule has 3 aromatic rings. The quantitative estimate of drug-likeness (QED) is 0.747. The summed E-state index contributed by atoms with van der Waals surface area (Å²) in [6.07, 6.45) is 5.64. The fraction of sp³-hybridized carbons (Fsp3) is 0.333. The number of anilines is 1. The maximum Gasteiger partial charge on any atom is 0.226 e. The Morgan fingerprint density at radius 3 is 2.67 bits per heavy atom. The van der Waals surface area contributed by atoms with Crippen LogP contribution in [0.15, 0.2) is 36.8 Å². The normalized spacial score (nSPS) is 17.6. The Bertz CT molecular complexity index is 938. The van der Waals surface area contributed by atoms with E-state index >= 15 is 0 Å². The molecule has 1 aliphatic heterocycles. The van der Waals surface area contributed by atoms with Crippen LogP contribution >= 0.6 is 0 Å². The van der Waals surface area contributed by atoms with E-state index in [9.17, 15) is 4.79 Å². The van der Waals surface area contributed by atoms with Gasteiger partial charge in [-0.3, -0.25) is 14.8 Å². The van der Waals surface area contributed by atoms with Crippen LogP contribution in [0.3, 0.4) is 0 Å². The first-order valence-corrected chi connectivity index (χ1v) is 8.02. The first-order valence-electron chi connectivity index (χ1n) is 8.02. The molecule has 0 radical (unpaired) electrons. The summed E-state index contributed by atoms with van der Waals surface area (Å²) in [5.41, 5.74) is 3.61. The highest BCUT2D eigenvalue weighted by Crippen LogP contribution is 2.39. The Morgan fingerprint density at radius 1 is 1.17 bits per heavy atom. The molecule has 24 heavy (non-hydrogen) atoms. The van der Waals surface area contributed by atoms with Crippen molar-refractivity contribution in [2.45, 2.75) is 38.6 Å². The Morgan fingerprint density at radius 2 is 1.92 bits per heavy atom. The SMILES string of the molecule is CC(C)(C)n1ncc2c1NC(=O)C[C@H]2c1ccc2nccnc2c1. The number of aromatic nitrogens is 4. The maximum absolute atomic E-state index is 12.3. The first kappa shape index (κ1) is 14.8. The molecule has 0 saturated carbocycles. The average molecular weight is 321 g/mol. The van der Waals surface area contributed by atoms with E-state index in [0.29, 0.717) is 6.42 Å². The third kappa shape index (κ3) is 2.35. The van der Waals surface area contributed by atoms with E-state index in [1.165, 1.54) is 0 Å². The van der Waals surface area contributed by atoms with Gasteiger partial charge in [0, 0.05) is 30.3 Å². The lowest BCUT2D eigenvalue weighted by Crippen LogP contribution is -2.30. The summed E-state index contributed by atoms with van der Waals surface area (Å²) >= 11 is 0. The number of rotatable bonds is 1. The van der Waals surface area contributed by atoms with Crippen molar-refractivity contribution >= 4 is 22.8 Å². The summed E-state index contributed by atoms with van der Waals surface area (Å²) in [6, 6.07) is 6.00. The van der Waals surface area contributed by atoms with Gasteiger partial charge in [0.25, 0.3) is 0 Å². The molecule has 6 nitrogen and oxygen atoms in total. The fourth-order valence-electron chi connectivity index (χ4n) is 3.22. The van der Waals surface area contributed by atoms with Crippen LogP contribution in [0.5, 0.6) is 0 Å². The van der Waals surface area contributed by atoms with Crippen molar-refractivity contribution in [2.24, 2.45) is 0 Å². The summed E-state index contributed by atoms with van der Waals surface area (Å²) in [5, 5.41) is 7.50. The molecule has 0 spiro atoms. The number of carbonyl (C=O) groups excluding carboxylic acids is 1. The highest BCUT2D eigenvalue weighted by Gasteiger charge is 2.32. The Kier molecular flexibility index (Phi) is 3.16. The zero-order valence-electron chi connectivity index (χ0n) is 13.9. The van der Waals surface area contributed by atoms with Gasteiger partial charge >= 0.3 is 0 Å². The van der Waals surface area contributed by atoms with Gasteiger partial charge in [-0.1, -0.05) is 6.07 Å². The molecule has 1 atom stereocenters. The largest absolute Gasteiger partial charge is 0.311 e. The van der Waals surface area contributed by atoms with Crippen LogP contribution in [0.4, 0.5) is 5.82 Å². The molecular weight excluding hydrogens is 302 g/mol. The standard InChI is InChI=1S/C18H19N5O/c1-18(2,3)23-17-13(10-21-23)12(9-16(24)22-17)11-4-5-14-15(8-11)20-7-6-19-14/h4-8,10,12H,9H2,1-3H3,(H,22,24)/t12-/m0/s1. The molecule has 0 bridgehead atoms. The Labute approximate surface area is 139 Å². The zero-order chi connectivity index (χ0) is 16.9. The lowest BCUT2D eigenvalue weighted by Gasteiger charge is -2.28. The summed E-state index contributed by atoms with van der Waals surface area (Å²) < 4.78 is 1.88. The molecule has 0 saturated heterocycles. The van der Waals surface area contributed by atoms with Crippen molar-refractivity contribution in [2.75, 3.05) is 5.32 Å². The van der Waals surface area contributed by atoms with Gasteiger partial charge in [-0.25, -0.2) is 4.68 Å². The number of carbonyl (C=O) groups is 1. The van der Waals surface area contributed by atoms with Gasteiger partial charge in [-0.2, -0.15) is 5.10 Å². The molecule has 6 heteroatoms. The van der Waals surface area contributed by atoms with Gasteiger partial charge in [-0.15, -0.1) is 0 Å². The van der Waals surface area contributed by atoms with Crippen LogP contribution in [-0.4, -0.2) is 25.7 Å². The molecule has 1 aliphatic rings. The molecule has 0 unspecified atom stereocenters. The molecule has 1 N–H and O–H groups in total. The minimum Gasteiger partial charge on any atom is -0.311 e. The van der Waals surface area contributed by atoms with Crippen LogP contribution in [0.25, 0.3) is 11.0 Å². The molecule has 1 amide bonds. The maximum atomic E-state index is 12.3. The van der Waals surface area contributed by atoms with Crippen LogP contribution in [0, 0.1) is 0 Å². The minimum absolute atomic E-state index is 0.0118. The van der Waals surface area contributed by atoms with Crippen LogP contribution in [-0.2, 0) is 10.3 Å². The smallest absolute Gasteiger partial charge is 0.226 e. The summed E-state index contributed by atoms with van der Waals surface area (Å²) in [5.74, 6) is 0.789. The summed E-state index contributed by atoms with van der Waals surface area (Å²) in [4.78, 5) is 20.9. The number of hydrogen-bond acceptors (Lipinski definition) is 4. The third-order valence-corrected chi connectivity index (χ3v) is 4.35.